The maximum atomic E-state index is 15.0. The summed E-state index contributed by atoms with van der Waals surface area (Å²) in [6.07, 6.45) is -5.76. The number of aromatic nitrogens is 2. The van der Waals surface area contributed by atoms with E-state index in [-0.39, 0.29) is 12.4 Å². The highest BCUT2D eigenvalue weighted by Crippen LogP contribution is 2.53. The third-order valence-electron chi connectivity index (χ3n) is 4.47. The Labute approximate surface area is 185 Å². The Morgan fingerprint density at radius 2 is 2.00 bits per heavy atom. The van der Waals surface area contributed by atoms with E-state index in [0.717, 1.165) is 12.3 Å². The molecule has 2 aromatic rings. The van der Waals surface area contributed by atoms with Crippen LogP contribution in [0.25, 0.3) is 0 Å². The van der Waals surface area contributed by atoms with Gasteiger partial charge >= 0.3 is 25.4 Å². The molecular formula is C18H20F2N3O9P. The van der Waals surface area contributed by atoms with E-state index in [9.17, 15) is 32.9 Å². The van der Waals surface area contributed by atoms with Gasteiger partial charge in [-0.05, 0) is 11.6 Å². The zero-order valence-corrected chi connectivity index (χ0v) is 17.7. The van der Waals surface area contributed by atoms with Crippen molar-refractivity contribution in [2.24, 2.45) is 0 Å². The number of nitrogens with zero attached hydrogens (tertiary/aromatic N) is 2. The first kappa shape index (κ1) is 24.9. The van der Waals surface area contributed by atoms with Crippen molar-refractivity contribution in [3.8, 4) is 0 Å². The molecule has 0 aliphatic carbocycles. The summed E-state index contributed by atoms with van der Waals surface area (Å²) in [6, 6.07) is 9.56. The molecule has 3 rings (SSSR count). The summed E-state index contributed by atoms with van der Waals surface area (Å²) in [5.74, 6) is -5.37. The highest BCUT2D eigenvalue weighted by molar-refractivity contribution is 7.47. The van der Waals surface area contributed by atoms with Gasteiger partial charge in [-0.1, -0.05) is 30.3 Å². The molecule has 1 aliphatic rings. The Kier molecular flexibility index (Phi) is 7.57. The molecular weight excluding hydrogens is 471 g/mol. The van der Waals surface area contributed by atoms with Gasteiger partial charge in [0, 0.05) is 6.20 Å². The van der Waals surface area contributed by atoms with E-state index in [1.165, 1.54) is 0 Å². The van der Waals surface area contributed by atoms with Gasteiger partial charge in [-0.15, -0.1) is 0 Å². The first-order valence-electron chi connectivity index (χ1n) is 9.37. The fraction of sp³-hybridized carbons (Fsp3) is 0.389. The summed E-state index contributed by atoms with van der Waals surface area (Å²) in [6.45, 7) is -2.27. The number of hydrogen-bond acceptors (Lipinski definition) is 10. The van der Waals surface area contributed by atoms with Gasteiger partial charge in [0.15, 0.2) is 12.7 Å². The number of rotatable bonds is 9. The standard InChI is InChI=1S/C18H20F2N3O9P/c19-18(20)15(12(8-24)31-16(18)23-7-6-13(21)22-17(23)26)32-33(27,28)30-10-14(25)29-9-11-4-2-1-3-5-11/h1-7,12,15-16,24H,8-10H2,(H,27,28)(H2,21,22,26)/t12-,15-,16-/m1/s1. The van der Waals surface area contributed by atoms with Crippen molar-refractivity contribution in [3.63, 3.8) is 0 Å². The van der Waals surface area contributed by atoms with Crippen molar-refractivity contribution in [1.82, 2.24) is 9.55 Å². The zero-order chi connectivity index (χ0) is 24.2. The molecule has 0 saturated carbocycles. The molecule has 0 bridgehead atoms. The lowest BCUT2D eigenvalue weighted by molar-refractivity contribution is -0.149. The van der Waals surface area contributed by atoms with E-state index in [0.29, 0.717) is 10.1 Å². The van der Waals surface area contributed by atoms with Crippen LogP contribution in [0.15, 0.2) is 47.4 Å². The molecule has 12 nitrogen and oxygen atoms in total. The second-order valence-electron chi connectivity index (χ2n) is 6.84. The van der Waals surface area contributed by atoms with Crippen LogP contribution in [0.1, 0.15) is 11.8 Å². The SMILES string of the molecule is Nc1ccn([C@@H]2O[C@H](CO)[C@@H](OP(=O)(O)OCC(=O)OCc3ccccc3)C2(F)F)c(=O)n1. The lowest BCUT2D eigenvalue weighted by atomic mass is 10.1. The number of phosphoric acid groups is 1. The number of carbonyl (C=O) groups is 1. The molecule has 180 valence electrons. The third-order valence-corrected chi connectivity index (χ3v) is 5.42. The minimum absolute atomic E-state index is 0.146. The molecule has 0 amide bonds. The molecule has 1 aliphatic heterocycles. The zero-order valence-electron chi connectivity index (χ0n) is 16.8. The summed E-state index contributed by atoms with van der Waals surface area (Å²) in [5, 5.41) is 9.39. The summed E-state index contributed by atoms with van der Waals surface area (Å²) in [7, 11) is -5.25. The minimum Gasteiger partial charge on any atom is -0.459 e. The van der Waals surface area contributed by atoms with Gasteiger partial charge in [0.25, 0.3) is 0 Å². The first-order chi connectivity index (χ1) is 15.5. The van der Waals surface area contributed by atoms with E-state index in [2.05, 4.69) is 14.0 Å². The van der Waals surface area contributed by atoms with E-state index < -0.39 is 57.1 Å². The fourth-order valence-electron chi connectivity index (χ4n) is 2.94. The number of nitrogen functional groups attached to an aromatic ring is 1. The number of anilines is 1. The van der Waals surface area contributed by atoms with Crippen LogP contribution in [0.4, 0.5) is 14.6 Å². The highest BCUT2D eigenvalue weighted by atomic mass is 31.2. The molecule has 15 heteroatoms. The topological polar surface area (TPSA) is 172 Å². The Morgan fingerprint density at radius 3 is 2.64 bits per heavy atom. The number of alkyl halides is 2. The van der Waals surface area contributed by atoms with Gasteiger partial charge in [0.2, 0.25) is 6.23 Å². The molecule has 4 atom stereocenters. The van der Waals surface area contributed by atoms with Crippen molar-refractivity contribution in [2.75, 3.05) is 18.9 Å². The lowest BCUT2D eigenvalue weighted by Crippen LogP contribution is -2.43. The molecule has 1 saturated heterocycles. The van der Waals surface area contributed by atoms with E-state index >= 15 is 0 Å². The van der Waals surface area contributed by atoms with Crippen molar-refractivity contribution in [1.29, 1.82) is 0 Å². The van der Waals surface area contributed by atoms with Crippen LogP contribution in [0, 0.1) is 0 Å². The first-order valence-corrected chi connectivity index (χ1v) is 10.9. The number of aliphatic hydroxyl groups is 1. The Hall–Kier alpha value is -2.74. The molecule has 1 fully saturated rings. The maximum absolute atomic E-state index is 15.0. The number of hydrogen-bond donors (Lipinski definition) is 3. The van der Waals surface area contributed by atoms with Crippen LogP contribution in [0.5, 0.6) is 0 Å². The average Bonchev–Trinajstić information content (AvgIpc) is 3.01. The normalized spacial score (nSPS) is 23.7. The maximum Gasteiger partial charge on any atom is 0.473 e. The number of benzene rings is 1. The van der Waals surface area contributed by atoms with Crippen molar-refractivity contribution in [3.05, 3.63) is 58.6 Å². The van der Waals surface area contributed by atoms with Crippen LogP contribution >= 0.6 is 7.82 Å². The fourth-order valence-corrected chi connectivity index (χ4v) is 3.83. The predicted octanol–water partition coefficient (Wildman–Crippen LogP) is 0.596. The van der Waals surface area contributed by atoms with Crippen LogP contribution in [-0.4, -0.2) is 56.9 Å². The number of nitrogens with two attached hydrogens (primary N) is 1. The van der Waals surface area contributed by atoms with Gasteiger partial charge in [-0.3, -0.25) is 13.6 Å². The summed E-state index contributed by atoms with van der Waals surface area (Å²) < 4.78 is 61.3. The second-order valence-corrected chi connectivity index (χ2v) is 8.25. The highest BCUT2D eigenvalue weighted by Gasteiger charge is 2.62. The van der Waals surface area contributed by atoms with E-state index in [4.69, 9.17) is 15.2 Å². The quantitative estimate of drug-likeness (QED) is 0.331. The van der Waals surface area contributed by atoms with Crippen LogP contribution in [0.2, 0.25) is 0 Å². The number of esters is 1. The molecule has 4 N–H and O–H groups in total. The van der Waals surface area contributed by atoms with Crippen LogP contribution in [-0.2, 0) is 34.5 Å². The number of halogens is 2. The van der Waals surface area contributed by atoms with Crippen molar-refractivity contribution < 1.29 is 46.7 Å². The molecule has 1 unspecified atom stereocenters. The smallest absolute Gasteiger partial charge is 0.459 e. The second kappa shape index (κ2) is 10.0. The van der Waals surface area contributed by atoms with Gasteiger partial charge in [0.05, 0.1) is 6.61 Å². The third kappa shape index (κ3) is 5.99. The van der Waals surface area contributed by atoms with Gasteiger partial charge in [0.1, 0.15) is 18.5 Å². The Balaban J connectivity index is 1.65. The summed E-state index contributed by atoms with van der Waals surface area (Å²) in [5.41, 5.74) is 4.79. The van der Waals surface area contributed by atoms with Crippen LogP contribution in [0.3, 0.4) is 0 Å². The summed E-state index contributed by atoms with van der Waals surface area (Å²) >= 11 is 0. The number of carbonyl (C=O) groups excluding carboxylic acids is 1. The molecule has 2 heterocycles. The van der Waals surface area contributed by atoms with Gasteiger partial charge in [-0.25, -0.2) is 14.2 Å². The number of aliphatic hydroxyl groups excluding tert-OH is 1. The Morgan fingerprint density at radius 1 is 1.30 bits per heavy atom. The minimum atomic E-state index is -5.25. The number of ether oxygens (including phenoxy) is 2. The number of phosphoric ester groups is 1. The van der Waals surface area contributed by atoms with Crippen molar-refractivity contribution in [2.45, 2.75) is 31.0 Å². The molecule has 33 heavy (non-hydrogen) atoms. The van der Waals surface area contributed by atoms with Crippen molar-refractivity contribution >= 4 is 19.6 Å². The van der Waals surface area contributed by atoms with Gasteiger partial charge < -0.3 is 25.2 Å². The molecule has 0 spiro atoms. The lowest BCUT2D eigenvalue weighted by Gasteiger charge is -2.25. The van der Waals surface area contributed by atoms with E-state index in [1.54, 1.807) is 30.3 Å². The van der Waals surface area contributed by atoms with Gasteiger partial charge in [-0.2, -0.15) is 13.8 Å². The van der Waals surface area contributed by atoms with E-state index in [1.807, 2.05) is 0 Å². The Bertz CT molecular complexity index is 1090. The van der Waals surface area contributed by atoms with Crippen LogP contribution < -0.4 is 11.4 Å². The molecule has 1 aromatic heterocycles. The molecule has 1 aromatic carbocycles. The molecule has 0 radical (unpaired) electrons. The largest absolute Gasteiger partial charge is 0.473 e. The predicted molar refractivity (Wildman–Crippen MR) is 106 cm³/mol. The average molecular weight is 491 g/mol. The summed E-state index contributed by atoms with van der Waals surface area (Å²) in [4.78, 5) is 36.8. The monoisotopic (exact) mass is 491 g/mol.